The summed E-state index contributed by atoms with van der Waals surface area (Å²) in [4.78, 5) is 0. The number of nitriles is 1. The number of ether oxygens (including phenoxy) is 1. The summed E-state index contributed by atoms with van der Waals surface area (Å²) in [5, 5.41) is 8.55. The summed E-state index contributed by atoms with van der Waals surface area (Å²) in [7, 11) is 0. The third-order valence-corrected chi connectivity index (χ3v) is 2.50. The van der Waals surface area contributed by atoms with Gasteiger partial charge in [0.1, 0.15) is 18.2 Å². The molecule has 0 radical (unpaired) electrons. The van der Waals surface area contributed by atoms with Crippen molar-refractivity contribution in [2.24, 2.45) is 0 Å². The van der Waals surface area contributed by atoms with Crippen LogP contribution in [0.3, 0.4) is 0 Å². The van der Waals surface area contributed by atoms with Crippen LogP contribution in [0.1, 0.15) is 11.1 Å². The van der Waals surface area contributed by atoms with Gasteiger partial charge >= 0.3 is 0 Å². The molecule has 0 heterocycles. The SMILES string of the molecule is N#CCc1ccc(OCc2cccc(F)c2)cc1. The minimum absolute atomic E-state index is 0.263. The highest BCUT2D eigenvalue weighted by atomic mass is 19.1. The van der Waals surface area contributed by atoms with Crippen LogP contribution in [0.25, 0.3) is 0 Å². The van der Waals surface area contributed by atoms with Crippen molar-refractivity contribution in [2.75, 3.05) is 0 Å². The van der Waals surface area contributed by atoms with E-state index in [1.165, 1.54) is 12.1 Å². The van der Waals surface area contributed by atoms with Crippen molar-refractivity contribution >= 4 is 0 Å². The maximum atomic E-state index is 12.9. The molecule has 2 aromatic carbocycles. The van der Waals surface area contributed by atoms with Crippen LogP contribution in [0.5, 0.6) is 5.75 Å². The summed E-state index contributed by atoms with van der Waals surface area (Å²) >= 11 is 0. The zero-order valence-corrected chi connectivity index (χ0v) is 9.77. The second-order valence-electron chi connectivity index (χ2n) is 3.90. The molecule has 0 aromatic heterocycles. The van der Waals surface area contributed by atoms with Crippen LogP contribution in [-0.2, 0) is 13.0 Å². The van der Waals surface area contributed by atoms with E-state index in [0.29, 0.717) is 18.8 Å². The summed E-state index contributed by atoms with van der Waals surface area (Å²) in [5.41, 5.74) is 1.74. The zero-order valence-electron chi connectivity index (χ0n) is 9.77. The zero-order chi connectivity index (χ0) is 12.8. The van der Waals surface area contributed by atoms with Gasteiger partial charge in [-0.25, -0.2) is 4.39 Å². The largest absolute Gasteiger partial charge is 0.489 e. The van der Waals surface area contributed by atoms with E-state index in [9.17, 15) is 4.39 Å². The number of hydrogen-bond acceptors (Lipinski definition) is 2. The molecule has 90 valence electrons. The Kier molecular flexibility index (Phi) is 3.93. The quantitative estimate of drug-likeness (QED) is 0.821. The molecule has 0 spiro atoms. The molecule has 0 saturated carbocycles. The van der Waals surface area contributed by atoms with Gasteiger partial charge in [-0.3, -0.25) is 0 Å². The number of nitrogens with zero attached hydrogens (tertiary/aromatic N) is 1. The number of benzene rings is 2. The minimum atomic E-state index is -0.263. The van der Waals surface area contributed by atoms with Crippen molar-refractivity contribution in [3.05, 3.63) is 65.5 Å². The van der Waals surface area contributed by atoms with Crippen molar-refractivity contribution in [1.29, 1.82) is 5.26 Å². The van der Waals surface area contributed by atoms with Crippen LogP contribution in [0.2, 0.25) is 0 Å². The van der Waals surface area contributed by atoms with Crippen LogP contribution in [0.15, 0.2) is 48.5 Å². The molecule has 0 aliphatic rings. The van der Waals surface area contributed by atoms with E-state index in [1.807, 2.05) is 30.3 Å². The Bertz CT molecular complexity index is 557. The minimum Gasteiger partial charge on any atom is -0.489 e. The van der Waals surface area contributed by atoms with Gasteiger partial charge in [-0.15, -0.1) is 0 Å². The van der Waals surface area contributed by atoms with E-state index in [1.54, 1.807) is 6.07 Å². The van der Waals surface area contributed by atoms with Gasteiger partial charge in [0.15, 0.2) is 0 Å². The Balaban J connectivity index is 1.96. The van der Waals surface area contributed by atoms with Crippen molar-refractivity contribution in [2.45, 2.75) is 13.0 Å². The van der Waals surface area contributed by atoms with Crippen molar-refractivity contribution in [3.63, 3.8) is 0 Å². The molecule has 0 aliphatic carbocycles. The monoisotopic (exact) mass is 241 g/mol. The van der Waals surface area contributed by atoms with E-state index in [-0.39, 0.29) is 5.82 Å². The highest BCUT2D eigenvalue weighted by Gasteiger charge is 1.98. The molecule has 0 amide bonds. The molecule has 3 heteroatoms. The summed E-state index contributed by atoms with van der Waals surface area (Å²) in [6.45, 7) is 0.329. The molecule has 2 aromatic rings. The molecule has 0 fully saturated rings. The lowest BCUT2D eigenvalue weighted by Gasteiger charge is -2.06. The Hall–Kier alpha value is -2.34. The molecule has 0 atom stereocenters. The lowest BCUT2D eigenvalue weighted by molar-refractivity contribution is 0.305. The van der Waals surface area contributed by atoms with Crippen molar-refractivity contribution in [3.8, 4) is 11.8 Å². The molecule has 0 N–H and O–H groups in total. The predicted octanol–water partition coefficient (Wildman–Crippen LogP) is 3.47. The number of halogens is 1. The fourth-order valence-electron chi connectivity index (χ4n) is 1.59. The molecule has 0 saturated heterocycles. The average molecular weight is 241 g/mol. The van der Waals surface area contributed by atoms with Gasteiger partial charge in [-0.05, 0) is 35.4 Å². The van der Waals surface area contributed by atoms with Crippen LogP contribution in [-0.4, -0.2) is 0 Å². The van der Waals surface area contributed by atoms with Gasteiger partial charge in [0, 0.05) is 0 Å². The van der Waals surface area contributed by atoms with E-state index in [2.05, 4.69) is 6.07 Å². The summed E-state index contributed by atoms with van der Waals surface area (Å²) < 4.78 is 18.5. The summed E-state index contributed by atoms with van der Waals surface area (Å²) in [6.07, 6.45) is 0.393. The van der Waals surface area contributed by atoms with Gasteiger partial charge in [-0.2, -0.15) is 5.26 Å². The maximum absolute atomic E-state index is 12.9. The number of hydrogen-bond donors (Lipinski definition) is 0. The highest BCUT2D eigenvalue weighted by molar-refractivity contribution is 5.29. The molecule has 0 unspecified atom stereocenters. The first-order valence-electron chi connectivity index (χ1n) is 5.61. The van der Waals surface area contributed by atoms with Crippen LogP contribution >= 0.6 is 0 Å². The Morgan fingerprint density at radius 2 is 1.83 bits per heavy atom. The Morgan fingerprint density at radius 3 is 2.50 bits per heavy atom. The van der Waals surface area contributed by atoms with E-state index in [4.69, 9.17) is 10.00 Å². The molecular weight excluding hydrogens is 229 g/mol. The first-order chi connectivity index (χ1) is 8.78. The van der Waals surface area contributed by atoms with Crippen LogP contribution in [0, 0.1) is 17.1 Å². The van der Waals surface area contributed by atoms with Gasteiger partial charge < -0.3 is 4.74 Å². The van der Waals surface area contributed by atoms with E-state index in [0.717, 1.165) is 11.1 Å². The molecule has 2 rings (SSSR count). The Morgan fingerprint density at radius 1 is 1.06 bits per heavy atom. The van der Waals surface area contributed by atoms with Gasteiger partial charge in [-0.1, -0.05) is 24.3 Å². The second kappa shape index (κ2) is 5.83. The normalized spacial score (nSPS) is 9.78. The van der Waals surface area contributed by atoms with Gasteiger partial charge in [0.05, 0.1) is 12.5 Å². The highest BCUT2D eigenvalue weighted by Crippen LogP contribution is 2.14. The summed E-state index contributed by atoms with van der Waals surface area (Å²) in [5.74, 6) is 0.446. The van der Waals surface area contributed by atoms with Gasteiger partial charge in [0.2, 0.25) is 0 Å². The third kappa shape index (κ3) is 3.33. The molecule has 0 bridgehead atoms. The van der Waals surface area contributed by atoms with Crippen molar-refractivity contribution < 1.29 is 9.13 Å². The fraction of sp³-hybridized carbons (Fsp3) is 0.133. The smallest absolute Gasteiger partial charge is 0.123 e. The van der Waals surface area contributed by atoms with Crippen molar-refractivity contribution in [1.82, 2.24) is 0 Å². The second-order valence-corrected chi connectivity index (χ2v) is 3.90. The van der Waals surface area contributed by atoms with E-state index >= 15 is 0 Å². The average Bonchev–Trinajstić information content (AvgIpc) is 2.38. The first-order valence-corrected chi connectivity index (χ1v) is 5.61. The molecular formula is C15H12FNO. The lowest BCUT2D eigenvalue weighted by Crippen LogP contribution is -1.96. The maximum Gasteiger partial charge on any atom is 0.123 e. The molecule has 2 nitrogen and oxygen atoms in total. The van der Waals surface area contributed by atoms with Crippen LogP contribution < -0.4 is 4.74 Å². The Labute approximate surface area is 105 Å². The lowest BCUT2D eigenvalue weighted by atomic mass is 10.2. The standard InChI is InChI=1S/C15H12FNO/c16-14-3-1-2-13(10-14)11-18-15-6-4-12(5-7-15)8-9-17/h1-7,10H,8,11H2. The van der Waals surface area contributed by atoms with Crippen LogP contribution in [0.4, 0.5) is 4.39 Å². The molecule has 18 heavy (non-hydrogen) atoms. The fourth-order valence-corrected chi connectivity index (χ4v) is 1.59. The van der Waals surface area contributed by atoms with Gasteiger partial charge in [0.25, 0.3) is 0 Å². The third-order valence-electron chi connectivity index (χ3n) is 2.50. The topological polar surface area (TPSA) is 33.0 Å². The van der Waals surface area contributed by atoms with E-state index < -0.39 is 0 Å². The number of rotatable bonds is 4. The molecule has 0 aliphatic heterocycles. The first kappa shape index (κ1) is 12.1. The summed E-state index contributed by atoms with van der Waals surface area (Å²) in [6, 6.07) is 15.7. The predicted molar refractivity (Wildman–Crippen MR) is 66.5 cm³/mol.